The topological polar surface area (TPSA) is 236 Å². The predicted octanol–water partition coefficient (Wildman–Crippen LogP) is 8.22. The number of carbonyl (C=O) groups is 2. The summed E-state index contributed by atoms with van der Waals surface area (Å²) in [7, 11) is -7.01. The van der Waals surface area contributed by atoms with Gasteiger partial charge in [0, 0.05) is 39.2 Å². The number of ether oxygens (including phenoxy) is 4. The largest absolute Gasteiger partial charge is 0.586 e. The summed E-state index contributed by atoms with van der Waals surface area (Å²) in [4.78, 5) is 36.7. The van der Waals surface area contributed by atoms with Crippen LogP contribution in [-0.2, 0) is 58.2 Å². The second kappa shape index (κ2) is 21.1. The van der Waals surface area contributed by atoms with Gasteiger partial charge < -0.3 is 38.7 Å². The maximum absolute atomic E-state index is 13.9. The van der Waals surface area contributed by atoms with Crippen LogP contribution in [0.5, 0.6) is 23.0 Å². The van der Waals surface area contributed by atoms with Crippen molar-refractivity contribution in [3.8, 4) is 23.0 Å². The van der Waals surface area contributed by atoms with Crippen LogP contribution in [0.25, 0.3) is 22.1 Å². The fourth-order valence-corrected chi connectivity index (χ4v) is 10.0. The molecule has 8 aromatic rings. The van der Waals surface area contributed by atoms with Crippen LogP contribution in [0, 0.1) is 0 Å². The van der Waals surface area contributed by atoms with Gasteiger partial charge in [0.1, 0.15) is 11.4 Å². The molecule has 0 saturated carbocycles. The van der Waals surface area contributed by atoms with E-state index in [0.717, 1.165) is 21.4 Å². The first-order valence-electron chi connectivity index (χ1n) is 23.6. The van der Waals surface area contributed by atoms with Crippen LogP contribution in [-0.4, -0.2) is 82.0 Å². The van der Waals surface area contributed by atoms with Crippen LogP contribution in [0.1, 0.15) is 68.7 Å². The highest BCUT2D eigenvalue weighted by atomic mass is 32.2. The molecule has 0 unspecified atom stereocenters. The maximum Gasteiger partial charge on any atom is 0.586 e. The number of nitrogens with zero attached hydrogens (tertiary/aromatic N) is 6. The van der Waals surface area contributed by atoms with Crippen molar-refractivity contribution in [2.75, 3.05) is 11.5 Å². The first-order valence-corrected chi connectivity index (χ1v) is 26.9. The lowest BCUT2D eigenvalue weighted by Crippen LogP contribution is -2.39. The fourth-order valence-electron chi connectivity index (χ4n) is 8.34. The molecule has 3 N–H and O–H groups in total. The molecule has 31 heteroatoms. The van der Waals surface area contributed by atoms with E-state index in [1.165, 1.54) is 111 Å². The second-order valence-electron chi connectivity index (χ2n) is 17.6. The molecule has 2 aliphatic rings. The highest BCUT2D eigenvalue weighted by Gasteiger charge is 2.47. The van der Waals surface area contributed by atoms with E-state index in [1.807, 2.05) is 0 Å². The van der Waals surface area contributed by atoms with E-state index < -0.39 is 86.9 Å². The minimum absolute atomic E-state index is 0.00143. The van der Waals surface area contributed by atoms with Gasteiger partial charge in [-0.3, -0.25) is 19.8 Å². The molecule has 4 aromatic heterocycles. The summed E-state index contributed by atoms with van der Waals surface area (Å²) in [6.07, 6.45) is -15.6. The lowest BCUT2D eigenvalue weighted by atomic mass is 10.1. The number of halogens is 10. The number of imidazole rings is 2. The molecule has 4 aromatic carbocycles. The van der Waals surface area contributed by atoms with Crippen LogP contribution >= 0.6 is 0 Å². The van der Waals surface area contributed by atoms with Crippen molar-refractivity contribution >= 4 is 53.6 Å². The van der Waals surface area contributed by atoms with Crippen molar-refractivity contribution in [3.63, 3.8) is 0 Å². The number of nitrogens with one attached hydrogen (secondary N) is 2. The van der Waals surface area contributed by atoms with Gasteiger partial charge in [0.05, 0.1) is 63.8 Å². The van der Waals surface area contributed by atoms with Crippen LogP contribution < -0.4 is 34.3 Å². The normalized spacial score (nSPS) is 14.4. The third-order valence-corrected chi connectivity index (χ3v) is 15.8. The summed E-state index contributed by atoms with van der Waals surface area (Å²) in [5.74, 6) is -5.65. The van der Waals surface area contributed by atoms with Gasteiger partial charge in [-0.25, -0.2) is 26.8 Å². The minimum atomic E-state index is -4.92. The molecule has 2 aliphatic heterocycles. The molecule has 0 bridgehead atoms. The number of para-hydroxylation sites is 2. The zero-order valence-electron chi connectivity index (χ0n) is 41.4. The Morgan fingerprint density at radius 3 is 1.51 bits per heavy atom. The summed E-state index contributed by atoms with van der Waals surface area (Å²) in [6, 6.07) is 20.4. The smallest absolute Gasteiger partial charge is 0.395 e. The van der Waals surface area contributed by atoms with E-state index in [9.17, 15) is 75.5 Å². The number of benzene rings is 4. The number of aromatic nitrogens is 6. The van der Waals surface area contributed by atoms with Crippen molar-refractivity contribution in [2.45, 2.75) is 74.8 Å². The van der Waals surface area contributed by atoms with Gasteiger partial charge in [-0.1, -0.05) is 38.1 Å². The summed E-state index contributed by atoms with van der Waals surface area (Å²) < 4.78 is 205. The summed E-state index contributed by atoms with van der Waals surface area (Å²) in [5.41, 5.74) is 0.0716. The molecular formula is C50H39F10N8O11S2+. The van der Waals surface area contributed by atoms with Gasteiger partial charge in [0.2, 0.25) is 17.8 Å². The zero-order chi connectivity index (χ0) is 58.6. The van der Waals surface area contributed by atoms with Crippen LogP contribution in [0.2, 0.25) is 0 Å². The minimum Gasteiger partial charge on any atom is -0.395 e. The number of alkyl halides is 10. The third kappa shape index (κ3) is 12.1. The first-order chi connectivity index (χ1) is 38.0. The van der Waals surface area contributed by atoms with Crippen molar-refractivity contribution in [1.29, 1.82) is 0 Å². The molecule has 426 valence electrons. The van der Waals surface area contributed by atoms with E-state index in [1.54, 1.807) is 0 Å². The first kappa shape index (κ1) is 57.0. The molecule has 81 heavy (non-hydrogen) atoms. The summed E-state index contributed by atoms with van der Waals surface area (Å²) in [6.45, 7) is 1.57. The van der Waals surface area contributed by atoms with E-state index in [-0.39, 0.29) is 102 Å². The number of amides is 2. The highest BCUT2D eigenvalue weighted by Crippen LogP contribution is 2.46. The molecule has 0 aliphatic carbocycles. The maximum atomic E-state index is 13.9. The van der Waals surface area contributed by atoms with Gasteiger partial charge in [-0.05, 0) is 66.7 Å². The van der Waals surface area contributed by atoms with Crippen LogP contribution in [0.3, 0.4) is 0 Å². The summed E-state index contributed by atoms with van der Waals surface area (Å²) in [5, 5.41) is 15.2. The second-order valence-corrected chi connectivity index (χ2v) is 22.2. The van der Waals surface area contributed by atoms with Gasteiger partial charge in [-0.2, -0.15) is 26.3 Å². The van der Waals surface area contributed by atoms with Gasteiger partial charge in [0.25, 0.3) is 17.5 Å². The Morgan fingerprint density at radius 2 is 1.07 bits per heavy atom. The number of pyridine rings is 2. The van der Waals surface area contributed by atoms with Crippen LogP contribution in [0.15, 0.2) is 119 Å². The molecule has 10 rings (SSSR count). The summed E-state index contributed by atoms with van der Waals surface area (Å²) >= 11 is 0. The van der Waals surface area contributed by atoms with Crippen molar-refractivity contribution < 1.29 is 99.2 Å². The SMILES string of the molecule is CCS(=O)(=O)c1ccc(CNC(=O)c2ccc3c(c2)nc(C(F)(F)F)n3Cc2cccc3c2OC(F)(F)O3)[n+](O)c1.CCS(=O)(=O)c1ccc(CNC(=O)c2ccc3c(c2)nc(C(F)(F)F)n3Cc2cccc3c2OC(F)(F)O3)nc1. The molecule has 0 radical (unpaired) electrons. The Balaban J connectivity index is 0.000000196. The molecular weight excluding hydrogens is 1140 g/mol. The average molecular weight is 1180 g/mol. The Morgan fingerprint density at radius 1 is 0.617 bits per heavy atom. The van der Waals surface area contributed by atoms with Gasteiger partial charge >= 0.3 is 24.9 Å². The zero-order valence-corrected chi connectivity index (χ0v) is 43.1. The number of hydrogen-bond acceptors (Lipinski definition) is 14. The van der Waals surface area contributed by atoms with E-state index in [2.05, 4.69) is 44.5 Å². The Hall–Kier alpha value is -8.74. The van der Waals surface area contributed by atoms with E-state index in [4.69, 9.17) is 0 Å². The molecule has 6 heterocycles. The van der Waals surface area contributed by atoms with Crippen molar-refractivity contribution in [3.05, 3.63) is 155 Å². The quantitative estimate of drug-likeness (QED) is 0.0529. The Kier molecular flexibility index (Phi) is 14.8. The Labute approximate surface area is 450 Å². The van der Waals surface area contributed by atoms with Gasteiger partial charge in [0.15, 0.2) is 42.7 Å². The Bertz CT molecular complexity index is 4030. The number of sulfone groups is 2. The monoisotopic (exact) mass is 1180 g/mol. The number of hydrogen-bond donors (Lipinski definition) is 3. The fraction of sp³-hybridized carbons (Fsp3) is 0.240. The molecule has 0 spiro atoms. The average Bonchev–Trinajstić information content (AvgIpc) is 4.36. The predicted molar refractivity (Wildman–Crippen MR) is 259 cm³/mol. The lowest BCUT2D eigenvalue weighted by Gasteiger charge is -2.13. The van der Waals surface area contributed by atoms with Crippen LogP contribution in [0.4, 0.5) is 43.9 Å². The molecule has 0 saturated heterocycles. The number of fused-ring (bicyclic) bond motifs is 4. The van der Waals surface area contributed by atoms with Crippen molar-refractivity contribution in [2.24, 2.45) is 0 Å². The number of carbonyl (C=O) groups excluding carboxylic acids is 2. The third-order valence-electron chi connectivity index (χ3n) is 12.3. The number of rotatable bonds is 14. The lowest BCUT2D eigenvalue weighted by molar-refractivity contribution is -0.911. The van der Waals surface area contributed by atoms with Crippen molar-refractivity contribution in [1.82, 2.24) is 34.7 Å². The molecule has 0 fully saturated rings. The molecule has 2 amide bonds. The molecule has 0 atom stereocenters. The van der Waals surface area contributed by atoms with E-state index in [0.29, 0.717) is 10.4 Å². The standard InChI is InChI=1S/C25H19F5N4O6S.C25H19F5N4O5S/c1-2-41(37,38)17-8-7-16(34(36)13-17)11-31-22(35)14-6-9-19-18(10-14)32-23(24(26,27)28)33(19)12-15-4-3-5-20-21(15)40-25(29,30)39-20;1-2-40(36,37)17-8-7-16(31-12-17)11-32-22(35)14-6-9-19-18(10-14)33-23(24(26,27)28)34(19)13-15-4-3-5-20-21(15)39-25(29,30)38-20/h3-10,13H,2,11-12H2,1H3,(H-,31,35,36);3-10,12H,2,11,13H2,1H3,(H,32,35)/p+1. The van der Waals surface area contributed by atoms with Gasteiger partial charge in [-0.15, -0.1) is 17.6 Å². The highest BCUT2D eigenvalue weighted by molar-refractivity contribution is 7.91. The molecule has 19 nitrogen and oxygen atoms in total. The van der Waals surface area contributed by atoms with E-state index >= 15 is 0 Å².